The van der Waals surface area contributed by atoms with Gasteiger partial charge in [0.15, 0.2) is 0 Å². The molecule has 0 aromatic heterocycles. The number of benzene rings is 1. The van der Waals surface area contributed by atoms with E-state index in [1.165, 1.54) is 6.07 Å². The van der Waals surface area contributed by atoms with Crippen molar-refractivity contribution in [1.29, 1.82) is 0 Å². The van der Waals surface area contributed by atoms with Crippen LogP contribution in [0.3, 0.4) is 0 Å². The number of carboxylic acid groups (broad SMARTS) is 1. The summed E-state index contributed by atoms with van der Waals surface area (Å²) in [4.78, 5) is 11.0. The number of halogens is 1. The Kier molecular flexibility index (Phi) is 6.15. The van der Waals surface area contributed by atoms with Crippen LogP contribution in [-0.2, 0) is 0 Å². The van der Waals surface area contributed by atoms with Gasteiger partial charge in [-0.3, -0.25) is 0 Å². The number of hydrogen-bond acceptors (Lipinski definition) is 3. The quantitative estimate of drug-likeness (QED) is 0.788. The van der Waals surface area contributed by atoms with E-state index < -0.39 is 5.97 Å². The Morgan fingerprint density at radius 1 is 1.39 bits per heavy atom. The van der Waals surface area contributed by atoms with Crippen molar-refractivity contribution in [1.82, 2.24) is 0 Å². The highest BCUT2D eigenvalue weighted by Crippen LogP contribution is 2.31. The Hall–Kier alpha value is -1.26. The van der Waals surface area contributed by atoms with Crippen LogP contribution < -0.4 is 5.73 Å². The lowest BCUT2D eigenvalue weighted by Gasteiger charge is -2.17. The van der Waals surface area contributed by atoms with E-state index >= 15 is 0 Å². The number of aryl methyl sites for hydroxylation is 1. The number of nitrogens with two attached hydrogens (primary N) is 1. The number of aromatic carboxylic acids is 1. The minimum Gasteiger partial charge on any atom is -0.507 e. The van der Waals surface area contributed by atoms with Gasteiger partial charge in [-0.05, 0) is 30.9 Å². The SMILES string of the molecule is Cc1cc(C(=O)O)c(O)c([C@@H](N)CC(C)C)c1.Cl. The molecule has 5 heteroatoms. The van der Waals surface area contributed by atoms with Crippen LogP contribution in [0.5, 0.6) is 5.75 Å². The van der Waals surface area contributed by atoms with Gasteiger partial charge in [-0.25, -0.2) is 4.79 Å². The Morgan fingerprint density at radius 2 is 1.94 bits per heavy atom. The first-order valence-electron chi connectivity index (χ1n) is 5.65. The molecule has 0 unspecified atom stereocenters. The second-order valence-electron chi connectivity index (χ2n) is 4.79. The average molecular weight is 274 g/mol. The van der Waals surface area contributed by atoms with Crippen molar-refractivity contribution in [2.75, 3.05) is 0 Å². The fourth-order valence-corrected chi connectivity index (χ4v) is 1.89. The summed E-state index contributed by atoms with van der Waals surface area (Å²) >= 11 is 0. The molecule has 18 heavy (non-hydrogen) atoms. The Morgan fingerprint density at radius 3 is 2.39 bits per heavy atom. The zero-order chi connectivity index (χ0) is 13.2. The van der Waals surface area contributed by atoms with Crippen molar-refractivity contribution in [2.45, 2.75) is 33.2 Å². The molecule has 0 saturated heterocycles. The molecule has 4 N–H and O–H groups in total. The summed E-state index contributed by atoms with van der Waals surface area (Å²) in [6.07, 6.45) is 0.704. The second kappa shape index (κ2) is 6.61. The monoisotopic (exact) mass is 273 g/mol. The number of aromatic hydroxyl groups is 1. The summed E-state index contributed by atoms with van der Waals surface area (Å²) in [6.45, 7) is 5.85. The third kappa shape index (κ3) is 3.89. The first kappa shape index (κ1) is 16.7. The molecule has 1 aromatic rings. The maximum atomic E-state index is 11.0. The lowest BCUT2D eigenvalue weighted by atomic mass is 9.94. The van der Waals surface area contributed by atoms with Gasteiger partial charge in [0.25, 0.3) is 0 Å². The fraction of sp³-hybridized carbons (Fsp3) is 0.462. The first-order chi connectivity index (χ1) is 7.82. The van der Waals surface area contributed by atoms with Crippen molar-refractivity contribution in [3.63, 3.8) is 0 Å². The second-order valence-corrected chi connectivity index (χ2v) is 4.79. The molecule has 0 aliphatic heterocycles. The molecule has 102 valence electrons. The molecule has 0 amide bonds. The van der Waals surface area contributed by atoms with Crippen molar-refractivity contribution < 1.29 is 15.0 Å². The fourth-order valence-electron chi connectivity index (χ4n) is 1.89. The van der Waals surface area contributed by atoms with Crippen LogP contribution in [-0.4, -0.2) is 16.2 Å². The van der Waals surface area contributed by atoms with Crippen LogP contribution in [0.15, 0.2) is 12.1 Å². The summed E-state index contributed by atoms with van der Waals surface area (Å²) in [7, 11) is 0. The van der Waals surface area contributed by atoms with Crippen molar-refractivity contribution in [3.05, 3.63) is 28.8 Å². The predicted molar refractivity (Wildman–Crippen MR) is 73.4 cm³/mol. The predicted octanol–water partition coefficient (Wildman–Crippen LogP) is 2.87. The van der Waals surface area contributed by atoms with Gasteiger partial charge in [-0.15, -0.1) is 12.4 Å². The van der Waals surface area contributed by atoms with Gasteiger partial charge in [0, 0.05) is 11.6 Å². The molecule has 0 spiro atoms. The van der Waals surface area contributed by atoms with Gasteiger partial charge in [0.2, 0.25) is 0 Å². The van der Waals surface area contributed by atoms with Crippen LogP contribution in [0.25, 0.3) is 0 Å². The van der Waals surface area contributed by atoms with Gasteiger partial charge in [0.05, 0.1) is 0 Å². The molecule has 4 nitrogen and oxygen atoms in total. The summed E-state index contributed by atoms with van der Waals surface area (Å²) in [5, 5.41) is 18.9. The molecule has 1 rings (SSSR count). The molecule has 0 bridgehead atoms. The minimum atomic E-state index is -1.14. The number of rotatable bonds is 4. The molecule has 1 atom stereocenters. The molecule has 0 radical (unpaired) electrons. The van der Waals surface area contributed by atoms with Crippen LogP contribution in [0.1, 0.15) is 47.8 Å². The highest BCUT2D eigenvalue weighted by atomic mass is 35.5. The number of phenols is 1. The van der Waals surface area contributed by atoms with Crippen LogP contribution >= 0.6 is 12.4 Å². The topological polar surface area (TPSA) is 83.5 Å². The Labute approximate surface area is 113 Å². The lowest BCUT2D eigenvalue weighted by Crippen LogP contribution is -2.14. The highest BCUT2D eigenvalue weighted by molar-refractivity contribution is 5.91. The summed E-state index contributed by atoms with van der Waals surface area (Å²) in [6, 6.07) is 2.85. The molecule has 1 aromatic carbocycles. The lowest BCUT2D eigenvalue weighted by molar-refractivity contribution is 0.0693. The van der Waals surface area contributed by atoms with Gasteiger partial charge >= 0.3 is 5.97 Å². The van der Waals surface area contributed by atoms with Crippen LogP contribution in [0.2, 0.25) is 0 Å². The normalized spacial score (nSPS) is 12.1. The van der Waals surface area contributed by atoms with E-state index in [2.05, 4.69) is 0 Å². The van der Waals surface area contributed by atoms with Crippen molar-refractivity contribution in [2.24, 2.45) is 11.7 Å². The highest BCUT2D eigenvalue weighted by Gasteiger charge is 2.19. The largest absolute Gasteiger partial charge is 0.507 e. The van der Waals surface area contributed by atoms with Gasteiger partial charge < -0.3 is 15.9 Å². The van der Waals surface area contributed by atoms with E-state index in [1.54, 1.807) is 13.0 Å². The maximum Gasteiger partial charge on any atom is 0.339 e. The van der Waals surface area contributed by atoms with Gasteiger partial charge in [0.1, 0.15) is 11.3 Å². The number of hydrogen-bond donors (Lipinski definition) is 3. The van der Waals surface area contributed by atoms with Crippen LogP contribution in [0.4, 0.5) is 0 Å². The Bertz CT molecular complexity index is 432. The van der Waals surface area contributed by atoms with E-state index in [0.717, 1.165) is 5.56 Å². The van der Waals surface area contributed by atoms with E-state index in [4.69, 9.17) is 10.8 Å². The summed E-state index contributed by atoms with van der Waals surface area (Å²) in [5.41, 5.74) is 7.19. The summed E-state index contributed by atoms with van der Waals surface area (Å²) < 4.78 is 0. The average Bonchev–Trinajstić information content (AvgIpc) is 2.19. The third-order valence-electron chi connectivity index (χ3n) is 2.64. The number of carboxylic acids is 1. The van der Waals surface area contributed by atoms with E-state index in [1.807, 2.05) is 13.8 Å². The standard InChI is InChI=1S/C13H19NO3.ClH/c1-7(2)4-11(14)9-5-8(3)6-10(12(9)15)13(16)17;/h5-7,11,15H,4,14H2,1-3H3,(H,16,17);1H/t11-;/m0./s1. The zero-order valence-electron chi connectivity index (χ0n) is 10.8. The molecule has 0 heterocycles. The Balaban J connectivity index is 0.00000289. The third-order valence-corrected chi connectivity index (χ3v) is 2.64. The van der Waals surface area contributed by atoms with Gasteiger partial charge in [-0.2, -0.15) is 0 Å². The maximum absolute atomic E-state index is 11.0. The van der Waals surface area contributed by atoms with E-state index in [9.17, 15) is 9.90 Å². The van der Waals surface area contributed by atoms with E-state index in [-0.39, 0.29) is 29.8 Å². The molecule has 0 aliphatic rings. The van der Waals surface area contributed by atoms with Crippen molar-refractivity contribution in [3.8, 4) is 5.75 Å². The minimum absolute atomic E-state index is 0. The van der Waals surface area contributed by atoms with Crippen molar-refractivity contribution >= 4 is 18.4 Å². The molecular formula is C13H20ClNO3. The van der Waals surface area contributed by atoms with Gasteiger partial charge in [-0.1, -0.05) is 19.9 Å². The van der Waals surface area contributed by atoms with E-state index in [0.29, 0.717) is 17.9 Å². The zero-order valence-corrected chi connectivity index (χ0v) is 11.6. The molecule has 0 fully saturated rings. The molecule has 0 saturated carbocycles. The smallest absolute Gasteiger partial charge is 0.339 e. The molecular weight excluding hydrogens is 254 g/mol. The summed E-state index contributed by atoms with van der Waals surface area (Å²) in [5.74, 6) is -0.960. The van der Waals surface area contributed by atoms with Crippen LogP contribution in [0, 0.1) is 12.8 Å². The number of carbonyl (C=O) groups is 1. The first-order valence-corrected chi connectivity index (χ1v) is 5.65. The molecule has 0 aliphatic carbocycles.